The van der Waals surface area contributed by atoms with E-state index < -0.39 is 126 Å². The van der Waals surface area contributed by atoms with Crippen LogP contribution in [0.15, 0.2) is 39.9 Å². The summed E-state index contributed by atoms with van der Waals surface area (Å²) in [5.41, 5.74) is 94.4. The summed E-state index contributed by atoms with van der Waals surface area (Å²) in [4.78, 5) is 173. The number of aliphatic imine (C=N–C) groups is 8. The van der Waals surface area contributed by atoms with Crippen LogP contribution in [-0.2, 0) is 47.9 Å². The SMILES string of the molecule is C[C@H](CO)C(=O)N[C@H](CCCN=C(N)N)C(=O)N[C@H](CCCN=C(N)N)C(=O)N[C@H](CCCN=C(N)N)C(=O)N[C@H](CCCN=C(N)N)C(=O)N[C@H](CCCN=C(N)N)C(=O)N[C@H](CCCN=C(N)N)C(=O)N[C@H](CCCN=C(N)N)C(=O)N[C@H](CCCN=C(N)N)C(=O)N[C@H](CS)C(N)=O. The Balaban J connectivity index is 7.88. The molecule has 45 nitrogen and oxygen atoms in total. The van der Waals surface area contributed by atoms with Gasteiger partial charge in [-0.15, -0.1) is 0 Å². The monoisotopic (exact) mass is 1450 g/mol. The van der Waals surface area contributed by atoms with Gasteiger partial charge in [0.2, 0.25) is 59.1 Å². The summed E-state index contributed by atoms with van der Waals surface area (Å²) in [5.74, 6) is -12.5. The van der Waals surface area contributed by atoms with Crippen molar-refractivity contribution in [3.8, 4) is 0 Å². The number of primary amides is 1. The summed E-state index contributed by atoms with van der Waals surface area (Å²) >= 11 is 4.09. The Hall–Kier alpha value is -10.8. The van der Waals surface area contributed by atoms with Crippen molar-refractivity contribution >= 4 is 119 Å². The molecular weight excluding hydrogens is 1340 g/mol. The van der Waals surface area contributed by atoms with Crippen LogP contribution in [-0.4, -0.2) is 231 Å². The molecule has 0 bridgehead atoms. The number of amides is 10. The van der Waals surface area contributed by atoms with E-state index in [1.807, 2.05) is 0 Å². The molecule has 101 heavy (non-hydrogen) atoms. The standard InChI is InChI=1S/C55H110N34O11S/c1-28(26-90)39(92)81-29(10-2-18-73-48(57)58)40(93)82-30(11-3-19-74-49(59)60)41(94)83-31(12-4-20-75-50(61)62)42(95)84-32(13-5-21-76-51(63)64)43(96)85-33(14-6-22-77-52(65)66)44(97)86-34(15-7-23-78-53(67)68)45(98)87-35(16-8-24-79-54(69)70)46(99)88-36(17-9-25-80-55(71)72)47(100)89-37(27-101)38(56)91/h28-37,90,101H,2-27H2,1H3,(H2,56,91)(H,81,92)(H,82,93)(H,83,94)(H,84,95)(H,85,96)(H,86,97)(H,87,98)(H,88,99)(H,89,100)(H4,57,58,73)(H4,59,60,74)(H4,61,62,75)(H4,63,64,76)(H4,65,66,77)(H4,67,68,78)(H4,69,70,79)(H4,71,72,80)/t28-,29-,30-,31-,32-,33-,34-,35-,36-,37-/m1/s1. The zero-order valence-electron chi connectivity index (χ0n) is 57.0. The molecule has 46 heteroatoms. The maximum Gasteiger partial charge on any atom is 0.243 e. The van der Waals surface area contributed by atoms with Gasteiger partial charge in [-0.1, -0.05) is 6.92 Å². The number of carbonyl (C=O) groups excluding carboxylic acids is 10. The van der Waals surface area contributed by atoms with E-state index in [4.69, 9.17) is 97.5 Å². The van der Waals surface area contributed by atoms with Gasteiger partial charge in [-0.3, -0.25) is 87.9 Å². The predicted octanol–water partition coefficient (Wildman–Crippen LogP) is -13.2. The number of guanidine groups is 8. The van der Waals surface area contributed by atoms with Gasteiger partial charge in [0.1, 0.15) is 54.4 Å². The second-order valence-electron chi connectivity index (χ2n) is 22.8. The van der Waals surface area contributed by atoms with Gasteiger partial charge in [0.05, 0.1) is 12.5 Å². The van der Waals surface area contributed by atoms with E-state index in [2.05, 4.69) is 100 Å². The molecular formula is C55H110N34O11S. The minimum absolute atomic E-state index is 0.00644. The number of thiol groups is 1. The van der Waals surface area contributed by atoms with Gasteiger partial charge in [0, 0.05) is 58.1 Å². The third-order valence-corrected chi connectivity index (χ3v) is 14.6. The first kappa shape index (κ1) is 90.2. The summed E-state index contributed by atoms with van der Waals surface area (Å²) in [6.07, 6.45) is -0.896. The Kier molecular flexibility index (Phi) is 45.9. The first-order valence-electron chi connectivity index (χ1n) is 32.3. The molecule has 0 heterocycles. The van der Waals surface area contributed by atoms with E-state index in [0.717, 1.165) is 0 Å². The number of nitrogens with zero attached hydrogens (tertiary/aromatic N) is 8. The van der Waals surface area contributed by atoms with Gasteiger partial charge in [-0.05, 0) is 103 Å². The van der Waals surface area contributed by atoms with Gasteiger partial charge in [-0.2, -0.15) is 12.6 Å². The van der Waals surface area contributed by atoms with Crippen molar-refractivity contribution < 1.29 is 53.1 Å². The number of aliphatic hydroxyl groups is 1. The maximum absolute atomic E-state index is 14.8. The zero-order chi connectivity index (χ0) is 76.6. The summed E-state index contributed by atoms with van der Waals surface area (Å²) in [5, 5.41) is 33.1. The zero-order valence-corrected chi connectivity index (χ0v) is 57.9. The predicted molar refractivity (Wildman–Crippen MR) is 386 cm³/mol. The lowest BCUT2D eigenvalue weighted by Gasteiger charge is -2.28. The highest BCUT2D eigenvalue weighted by molar-refractivity contribution is 7.80. The largest absolute Gasteiger partial charge is 0.396 e. The van der Waals surface area contributed by atoms with Crippen molar-refractivity contribution in [3.05, 3.63) is 0 Å². The summed E-state index contributed by atoms with van der Waals surface area (Å²) < 4.78 is 0. The molecule has 0 saturated carbocycles. The first-order chi connectivity index (χ1) is 47.6. The smallest absolute Gasteiger partial charge is 0.243 e. The number of hydrogen-bond donors (Lipinski definition) is 28. The number of aliphatic hydroxyl groups excluding tert-OH is 1. The average Bonchev–Trinajstić information content (AvgIpc) is 0.903. The molecule has 0 rings (SSSR count). The molecule has 44 N–H and O–H groups in total. The van der Waals surface area contributed by atoms with Crippen LogP contribution in [0, 0.1) is 5.92 Å². The van der Waals surface area contributed by atoms with Crippen molar-refractivity contribution in [1.29, 1.82) is 0 Å². The van der Waals surface area contributed by atoms with Crippen molar-refractivity contribution in [2.75, 3.05) is 64.7 Å². The van der Waals surface area contributed by atoms with Crippen molar-refractivity contribution in [3.63, 3.8) is 0 Å². The van der Waals surface area contributed by atoms with E-state index in [1.54, 1.807) is 0 Å². The Morgan fingerprint density at radius 1 is 0.267 bits per heavy atom. The van der Waals surface area contributed by atoms with Crippen molar-refractivity contribution in [2.45, 2.75) is 164 Å². The van der Waals surface area contributed by atoms with E-state index in [0.29, 0.717) is 0 Å². The maximum atomic E-state index is 14.8. The third kappa shape index (κ3) is 43.2. The fourth-order valence-corrected chi connectivity index (χ4v) is 9.23. The highest BCUT2D eigenvalue weighted by atomic mass is 32.1. The molecule has 0 aromatic carbocycles. The van der Waals surface area contributed by atoms with Crippen LogP contribution in [0.25, 0.3) is 0 Å². The summed E-state index contributed by atoms with van der Waals surface area (Å²) in [6.45, 7) is 0.560. The molecule has 0 unspecified atom stereocenters. The Labute approximate surface area is 590 Å². The molecule has 0 aliphatic heterocycles. The Bertz CT molecular complexity index is 2880. The van der Waals surface area contributed by atoms with E-state index in [9.17, 15) is 53.1 Å². The molecule has 0 aliphatic rings. The number of nitrogens with one attached hydrogen (secondary N) is 9. The molecule has 0 fully saturated rings. The molecule has 0 spiro atoms. The van der Waals surface area contributed by atoms with Crippen LogP contribution in [0.2, 0.25) is 0 Å². The Morgan fingerprint density at radius 2 is 0.406 bits per heavy atom. The van der Waals surface area contributed by atoms with Crippen LogP contribution in [0.5, 0.6) is 0 Å². The number of nitrogens with two attached hydrogens (primary N) is 17. The van der Waals surface area contributed by atoms with Crippen LogP contribution in [0.3, 0.4) is 0 Å². The van der Waals surface area contributed by atoms with Crippen LogP contribution < -0.4 is 145 Å². The molecule has 10 atom stereocenters. The first-order valence-corrected chi connectivity index (χ1v) is 32.9. The van der Waals surface area contributed by atoms with Crippen molar-refractivity contribution in [1.82, 2.24) is 47.9 Å². The summed E-state index contributed by atoms with van der Waals surface area (Å²) in [6, 6.07) is -13.1. The lowest BCUT2D eigenvalue weighted by atomic mass is 10.0. The van der Waals surface area contributed by atoms with E-state index in [-0.39, 0.29) is 209 Å². The molecule has 0 aromatic heterocycles. The van der Waals surface area contributed by atoms with E-state index in [1.165, 1.54) is 6.92 Å². The molecule has 572 valence electrons. The summed E-state index contributed by atoms with van der Waals surface area (Å²) in [7, 11) is 0. The fraction of sp³-hybridized carbons (Fsp3) is 0.673. The lowest BCUT2D eigenvalue weighted by Crippen LogP contribution is -2.60. The van der Waals surface area contributed by atoms with Crippen molar-refractivity contribution in [2.24, 2.45) is 143 Å². The van der Waals surface area contributed by atoms with Gasteiger partial charge in [-0.25, -0.2) is 0 Å². The van der Waals surface area contributed by atoms with E-state index >= 15 is 0 Å². The van der Waals surface area contributed by atoms with Crippen LogP contribution >= 0.6 is 12.6 Å². The van der Waals surface area contributed by atoms with Gasteiger partial charge in [0.25, 0.3) is 0 Å². The number of carbonyl (C=O) groups is 10. The van der Waals surface area contributed by atoms with Crippen LogP contribution in [0.4, 0.5) is 0 Å². The molecule has 0 aromatic rings. The molecule has 10 amide bonds. The lowest BCUT2D eigenvalue weighted by molar-refractivity contribution is -0.136. The normalized spacial score (nSPS) is 13.6. The molecule has 0 aliphatic carbocycles. The highest BCUT2D eigenvalue weighted by Crippen LogP contribution is 2.12. The quantitative estimate of drug-likeness (QED) is 0.0116. The molecule has 0 saturated heterocycles. The minimum Gasteiger partial charge on any atom is -0.396 e. The topological polar surface area (TPSA) is 840 Å². The minimum atomic E-state index is -1.58. The van der Waals surface area contributed by atoms with Gasteiger partial charge in [0.15, 0.2) is 47.7 Å². The van der Waals surface area contributed by atoms with Crippen LogP contribution in [0.1, 0.15) is 110 Å². The third-order valence-electron chi connectivity index (χ3n) is 14.2. The fourth-order valence-electron chi connectivity index (χ4n) is 8.96. The molecule has 0 radical (unpaired) electrons. The number of rotatable bonds is 53. The second kappa shape index (κ2) is 51.4. The second-order valence-corrected chi connectivity index (χ2v) is 23.2. The van der Waals surface area contributed by atoms with Gasteiger partial charge < -0.3 is 150 Å². The Morgan fingerprint density at radius 3 is 0.525 bits per heavy atom. The average molecular weight is 1460 g/mol. The highest BCUT2D eigenvalue weighted by Gasteiger charge is 2.36. The number of hydrogen-bond acceptors (Lipinski definition) is 20. The van der Waals surface area contributed by atoms with Gasteiger partial charge >= 0.3 is 0 Å².